The van der Waals surface area contributed by atoms with E-state index in [0.717, 1.165) is 29.5 Å². The summed E-state index contributed by atoms with van der Waals surface area (Å²) >= 11 is 2.88. The van der Waals surface area contributed by atoms with Gasteiger partial charge < -0.3 is 14.7 Å². The van der Waals surface area contributed by atoms with Gasteiger partial charge in [-0.15, -0.1) is 11.3 Å². The average Bonchev–Trinajstić information content (AvgIpc) is 3.26. The molecule has 3 aromatic heterocycles. The molecule has 26 heavy (non-hydrogen) atoms. The lowest BCUT2D eigenvalue weighted by molar-refractivity contribution is -0.120. The number of thioether (sulfide) groups is 1. The molecule has 0 fully saturated rings. The Morgan fingerprint density at radius 3 is 3.12 bits per heavy atom. The van der Waals surface area contributed by atoms with Gasteiger partial charge in [-0.1, -0.05) is 11.8 Å². The Bertz CT molecular complexity index is 991. The summed E-state index contributed by atoms with van der Waals surface area (Å²) in [6, 6.07) is 3.59. The van der Waals surface area contributed by atoms with Crippen molar-refractivity contribution < 1.29 is 9.21 Å². The number of hydrogen-bond acceptors (Lipinski definition) is 6. The monoisotopic (exact) mass is 389 g/mol. The summed E-state index contributed by atoms with van der Waals surface area (Å²) in [5.74, 6) is 0.576. The number of furan rings is 1. The summed E-state index contributed by atoms with van der Waals surface area (Å²) in [6.07, 6.45) is 5.86. The highest BCUT2D eigenvalue weighted by Gasteiger charge is 2.21. The van der Waals surface area contributed by atoms with Crippen LogP contribution in [0.3, 0.4) is 0 Å². The molecule has 0 radical (unpaired) electrons. The zero-order chi connectivity index (χ0) is 18.1. The summed E-state index contributed by atoms with van der Waals surface area (Å²) in [7, 11) is 0. The van der Waals surface area contributed by atoms with Crippen molar-refractivity contribution in [3.05, 3.63) is 45.0 Å². The highest BCUT2D eigenvalue weighted by molar-refractivity contribution is 8.00. The first-order valence-corrected chi connectivity index (χ1v) is 10.3. The summed E-state index contributed by atoms with van der Waals surface area (Å²) < 4.78 is 5.21. The van der Waals surface area contributed by atoms with Crippen molar-refractivity contribution in [1.29, 1.82) is 0 Å². The predicted molar refractivity (Wildman–Crippen MR) is 103 cm³/mol. The fraction of sp³-hybridized carbons (Fsp3) is 0.389. The minimum absolute atomic E-state index is 0.0971. The first-order chi connectivity index (χ1) is 12.6. The molecule has 8 heteroatoms. The van der Waals surface area contributed by atoms with Crippen LogP contribution in [0.5, 0.6) is 0 Å². The Kier molecular flexibility index (Phi) is 4.86. The Morgan fingerprint density at radius 2 is 2.31 bits per heavy atom. The molecule has 3 aromatic rings. The number of fused-ring (bicyclic) bond motifs is 3. The number of rotatable bonds is 5. The molecule has 1 atom stereocenters. The van der Waals surface area contributed by atoms with Crippen LogP contribution in [-0.2, 0) is 24.2 Å². The predicted octanol–water partition coefficient (Wildman–Crippen LogP) is 3.25. The molecule has 136 valence electrons. The van der Waals surface area contributed by atoms with Crippen LogP contribution in [0.1, 0.15) is 36.0 Å². The Morgan fingerprint density at radius 1 is 1.46 bits per heavy atom. The van der Waals surface area contributed by atoms with Crippen LogP contribution in [0, 0.1) is 0 Å². The van der Waals surface area contributed by atoms with E-state index in [2.05, 4.69) is 15.3 Å². The maximum absolute atomic E-state index is 12.5. The molecular formula is C18H19N3O3S2. The fourth-order valence-corrected chi connectivity index (χ4v) is 5.29. The molecule has 0 saturated heterocycles. The summed E-state index contributed by atoms with van der Waals surface area (Å²) in [5, 5.41) is 3.68. The molecule has 1 aliphatic carbocycles. The molecule has 0 spiro atoms. The van der Waals surface area contributed by atoms with E-state index in [4.69, 9.17) is 4.42 Å². The molecule has 6 nitrogen and oxygen atoms in total. The third-order valence-corrected chi connectivity index (χ3v) is 6.65. The second-order valence-corrected chi connectivity index (χ2v) is 8.73. The van der Waals surface area contributed by atoms with Gasteiger partial charge >= 0.3 is 0 Å². The molecule has 0 aliphatic heterocycles. The van der Waals surface area contributed by atoms with Crippen molar-refractivity contribution in [3.8, 4) is 0 Å². The minimum atomic E-state index is -0.375. The van der Waals surface area contributed by atoms with Crippen LogP contribution < -0.4 is 10.9 Å². The number of H-pyrrole nitrogens is 1. The summed E-state index contributed by atoms with van der Waals surface area (Å²) in [4.78, 5) is 34.3. The average molecular weight is 390 g/mol. The van der Waals surface area contributed by atoms with E-state index in [1.807, 2.05) is 6.07 Å². The number of aryl methyl sites for hydroxylation is 2. The molecule has 4 rings (SSSR count). The Labute approximate surface area is 158 Å². The second-order valence-electron chi connectivity index (χ2n) is 6.32. The van der Waals surface area contributed by atoms with E-state index in [1.165, 1.54) is 28.6 Å². The van der Waals surface area contributed by atoms with Crippen LogP contribution in [0.4, 0.5) is 0 Å². The van der Waals surface area contributed by atoms with Crippen molar-refractivity contribution in [2.45, 2.75) is 49.6 Å². The van der Waals surface area contributed by atoms with E-state index in [0.29, 0.717) is 17.5 Å². The number of carbonyl (C=O) groups excluding carboxylic acids is 1. The standard InChI is InChI=1S/C18H19N3O3S2/c1-10(15(22)19-9-11-5-4-8-24-11)25-18-20-16(23)14-12-6-2-3-7-13(12)26-17(14)21-18/h4-5,8,10H,2-3,6-7,9H2,1H3,(H,19,22)(H,20,21,23)/t10-/m1/s1. The van der Waals surface area contributed by atoms with Crippen LogP contribution in [0.2, 0.25) is 0 Å². The summed E-state index contributed by atoms with van der Waals surface area (Å²) in [5.41, 5.74) is 1.07. The van der Waals surface area contributed by atoms with E-state index in [1.54, 1.807) is 30.6 Å². The molecule has 3 heterocycles. The molecule has 0 saturated carbocycles. The van der Waals surface area contributed by atoms with Crippen molar-refractivity contribution in [3.63, 3.8) is 0 Å². The van der Waals surface area contributed by atoms with Crippen LogP contribution >= 0.6 is 23.1 Å². The maximum Gasteiger partial charge on any atom is 0.260 e. The number of aromatic nitrogens is 2. The highest BCUT2D eigenvalue weighted by Crippen LogP contribution is 2.34. The fourth-order valence-electron chi connectivity index (χ4n) is 3.15. The molecular weight excluding hydrogens is 370 g/mol. The first kappa shape index (κ1) is 17.4. The van der Waals surface area contributed by atoms with Crippen LogP contribution in [-0.4, -0.2) is 21.1 Å². The zero-order valence-corrected chi connectivity index (χ0v) is 16.0. The van der Waals surface area contributed by atoms with E-state index in [9.17, 15) is 9.59 Å². The van der Waals surface area contributed by atoms with Crippen molar-refractivity contribution >= 4 is 39.2 Å². The van der Waals surface area contributed by atoms with Crippen LogP contribution in [0.15, 0.2) is 32.8 Å². The molecule has 0 unspecified atom stereocenters. The van der Waals surface area contributed by atoms with Gasteiger partial charge in [0.15, 0.2) is 5.16 Å². The summed E-state index contributed by atoms with van der Waals surface area (Å²) in [6.45, 7) is 2.14. The number of thiophene rings is 1. The van der Waals surface area contributed by atoms with E-state index >= 15 is 0 Å². The lowest BCUT2D eigenvalue weighted by Crippen LogP contribution is -2.30. The largest absolute Gasteiger partial charge is 0.467 e. The Balaban J connectivity index is 1.49. The van der Waals surface area contributed by atoms with Gasteiger partial charge in [-0.05, 0) is 50.3 Å². The molecule has 1 aliphatic rings. The van der Waals surface area contributed by atoms with Crippen molar-refractivity contribution in [2.75, 3.05) is 0 Å². The van der Waals surface area contributed by atoms with Gasteiger partial charge in [0.05, 0.1) is 23.4 Å². The number of amides is 1. The topological polar surface area (TPSA) is 88.0 Å². The normalized spacial score (nSPS) is 15.0. The number of aromatic amines is 1. The third-order valence-electron chi connectivity index (χ3n) is 4.48. The van der Waals surface area contributed by atoms with Gasteiger partial charge in [0.2, 0.25) is 5.91 Å². The van der Waals surface area contributed by atoms with Gasteiger partial charge in [0.1, 0.15) is 10.6 Å². The number of nitrogens with one attached hydrogen (secondary N) is 2. The van der Waals surface area contributed by atoms with Crippen LogP contribution in [0.25, 0.3) is 10.2 Å². The second kappa shape index (κ2) is 7.28. The SMILES string of the molecule is C[C@@H](Sc1nc2sc3c(c2c(=O)[nH]1)CCCC3)C(=O)NCc1ccco1. The van der Waals surface area contributed by atoms with Crippen molar-refractivity contribution in [2.24, 2.45) is 0 Å². The van der Waals surface area contributed by atoms with Gasteiger partial charge in [-0.2, -0.15) is 0 Å². The smallest absolute Gasteiger partial charge is 0.260 e. The van der Waals surface area contributed by atoms with E-state index < -0.39 is 0 Å². The minimum Gasteiger partial charge on any atom is -0.467 e. The molecule has 0 bridgehead atoms. The van der Waals surface area contributed by atoms with Gasteiger partial charge in [-0.3, -0.25) is 9.59 Å². The highest BCUT2D eigenvalue weighted by atomic mass is 32.2. The number of nitrogens with zero attached hydrogens (tertiary/aromatic N) is 1. The van der Waals surface area contributed by atoms with Gasteiger partial charge in [0.25, 0.3) is 5.56 Å². The molecule has 0 aromatic carbocycles. The molecule has 1 amide bonds. The van der Waals surface area contributed by atoms with E-state index in [-0.39, 0.29) is 16.7 Å². The lowest BCUT2D eigenvalue weighted by atomic mass is 9.97. The number of carbonyl (C=O) groups is 1. The quantitative estimate of drug-likeness (QED) is 0.517. The number of hydrogen-bond donors (Lipinski definition) is 2. The molecule has 2 N–H and O–H groups in total. The first-order valence-electron chi connectivity index (χ1n) is 8.63. The third kappa shape index (κ3) is 3.43. The van der Waals surface area contributed by atoms with Crippen molar-refractivity contribution in [1.82, 2.24) is 15.3 Å². The van der Waals surface area contributed by atoms with Gasteiger partial charge in [-0.25, -0.2) is 4.98 Å². The Hall–Kier alpha value is -2.06. The lowest BCUT2D eigenvalue weighted by Gasteiger charge is -2.11. The maximum atomic E-state index is 12.5. The van der Waals surface area contributed by atoms with Gasteiger partial charge in [0, 0.05) is 4.88 Å². The zero-order valence-electron chi connectivity index (χ0n) is 14.3.